The van der Waals surface area contributed by atoms with E-state index in [1.807, 2.05) is 192 Å². The van der Waals surface area contributed by atoms with Gasteiger partial charge in [0.2, 0.25) is 0 Å². The number of nitrogens with zero attached hydrogens (tertiary/aromatic N) is 2. The Morgan fingerprint density at radius 3 is 1.70 bits per heavy atom. The molecule has 692 valence electrons. The Labute approximate surface area is 737 Å². The van der Waals surface area contributed by atoms with Gasteiger partial charge in [-0.3, -0.25) is 23.9 Å². The standard InChI is InChI=1S/C22H22O4.2C17H18O3.C14H19F3N2O4.C13H17F3N2O5.C12H19NO3/c1-14(2)25-21-17-11-7-8-12-19(17)26-22(24)20(21)18(13-15(3)23)16-9-5-4-6-10-16;1-12(2)20-17-7-5-13(6-8-17)3-4-14-9-15(18)11-16(19)10-14;1-12(2)20-17-10-14(9-16(19)11-17)4-3-13-5-7-15(18)8-6-13;1-7(2)22-6-11-10(20)4-12(23-11)19-5-9(14(15,16)17)13(21)18-8(19)3;1-6(2)22-8-3-10(23-9(8)5-19)18-4-7(13(14,15)16)11(20)17-12(18)21;1-8(2)16-12(7-13-3)9-4-5-10(14)11(15)6-9/h4-12,14,18H,13H2,1-3H3;2*3-12,18-19H,1-2H3;5,7,10-12,20H,3-4,6H2,1-2H3,(H,18,21);4,6,8-10,19H,3,5H2,1-2H3,(H,17,20,21);4-6,8,12-15H,7H2,1-3H3/b;2*4-3+;;;/t;;;10-,11+,12?;8-,9+,10?;12-/m...000/s1. The molecule has 0 aliphatic carbocycles. The highest BCUT2D eigenvalue weighted by Crippen LogP contribution is 2.40. The first-order chi connectivity index (χ1) is 60.3. The van der Waals surface area contributed by atoms with E-state index in [-0.39, 0.29) is 115 Å². The SMILES string of the molecule is C=C1NC(=O)C(C(F)(F)F)=CN1C1C[C@H](O)[C@@H](COC(C)C)O1.CC(=O)CC(c1ccccc1)c1c(OC(C)C)c2ccccc2oc1=O.CC(C)O[C@H]1CC(n2cc(C(F)(F)F)c(=O)[nH]c2=O)O[C@@H]1CO.CC(C)Oc1cc(O)cc(/C=C/c2ccc(O)cc2)c1.CC(C)Oc1ccc(/C=C/c2cc(O)cc(O)c2)cc1.CNC[C@H](OC(C)C)c1ccc(O)c(O)c1. The molecule has 128 heavy (non-hydrogen) atoms. The number of carbonyl (C=O) groups excluding carboxylic acids is 2. The largest absolute Gasteiger partial charge is 0.508 e. The number of ether oxygens (including phenoxy) is 8. The third-order valence-electron chi connectivity index (χ3n) is 18.6. The molecule has 5 heterocycles. The first kappa shape index (κ1) is 103. The number of ketones is 1. The average molecular weight is 1790 g/mol. The normalized spacial score (nSPS) is 17.4. The van der Waals surface area contributed by atoms with Crippen LogP contribution in [0.15, 0.2) is 207 Å². The van der Waals surface area contributed by atoms with Crippen molar-refractivity contribution in [2.45, 2.75) is 207 Å². The van der Waals surface area contributed by atoms with Crippen LogP contribution in [0.4, 0.5) is 26.3 Å². The summed E-state index contributed by atoms with van der Waals surface area (Å²) < 4.78 is 128. The highest BCUT2D eigenvalue weighted by atomic mass is 19.4. The summed E-state index contributed by atoms with van der Waals surface area (Å²) in [6.45, 7) is 28.2. The number of aliphatic hydroxyl groups excluding tert-OH is 2. The lowest BCUT2D eigenvalue weighted by Gasteiger charge is -2.33. The second-order valence-electron chi connectivity index (χ2n) is 31.5. The minimum absolute atomic E-state index is 0.00177. The van der Waals surface area contributed by atoms with Crippen molar-refractivity contribution >= 4 is 47.0 Å². The van der Waals surface area contributed by atoms with Gasteiger partial charge in [0.25, 0.3) is 11.5 Å². The maximum absolute atomic E-state index is 12.9. The summed E-state index contributed by atoms with van der Waals surface area (Å²) in [7, 11) is 1.84. The van der Waals surface area contributed by atoms with Gasteiger partial charge in [-0.25, -0.2) is 9.59 Å². The van der Waals surface area contributed by atoms with Gasteiger partial charge in [-0.15, -0.1) is 0 Å². The molecular weight excluding hydrogens is 1680 g/mol. The molecule has 2 saturated heterocycles. The minimum atomic E-state index is -4.90. The van der Waals surface area contributed by atoms with Crippen LogP contribution in [-0.4, -0.2) is 167 Å². The number of para-hydroxylation sites is 1. The van der Waals surface area contributed by atoms with E-state index in [1.54, 1.807) is 67.4 Å². The number of phenolic OH excluding ortho intramolecular Hbond substituents is 6. The molecule has 0 radical (unpaired) electrons. The number of H-pyrrole nitrogens is 1. The lowest BCUT2D eigenvalue weighted by atomic mass is 9.87. The quantitative estimate of drug-likeness (QED) is 0.00986. The van der Waals surface area contributed by atoms with E-state index in [0.717, 1.165) is 49.4 Å². The number of aliphatic hydroxyl groups is 2. The molecule has 9 aromatic rings. The van der Waals surface area contributed by atoms with E-state index >= 15 is 0 Å². The first-order valence-electron chi connectivity index (χ1n) is 41.2. The van der Waals surface area contributed by atoms with Crippen LogP contribution < -0.4 is 41.7 Å². The van der Waals surface area contributed by atoms with Crippen LogP contribution in [0.2, 0.25) is 0 Å². The number of benzene rings is 7. The molecule has 8 atom stereocenters. The van der Waals surface area contributed by atoms with E-state index in [4.69, 9.17) is 42.3 Å². The molecule has 7 aromatic carbocycles. The fraction of sp³-hybridized carbons (Fsp3) is 0.379. The lowest BCUT2D eigenvalue weighted by molar-refractivity contribution is -0.140. The zero-order chi connectivity index (χ0) is 94.6. The van der Waals surface area contributed by atoms with Crippen LogP contribution in [0, 0.1) is 0 Å². The molecule has 27 nitrogen and oxygen atoms in total. The Balaban J connectivity index is 0.000000212. The Hall–Kier alpha value is -12.2. The summed E-state index contributed by atoms with van der Waals surface area (Å²) in [6.07, 6.45) is -5.69. The topological polar surface area (TPSA) is 382 Å². The molecule has 11 N–H and O–H groups in total. The number of hydrogen-bond acceptors (Lipinski definition) is 24. The molecule has 2 aromatic heterocycles. The van der Waals surface area contributed by atoms with Gasteiger partial charge in [0.15, 0.2) is 11.5 Å². The van der Waals surface area contributed by atoms with Crippen LogP contribution in [0.1, 0.15) is 172 Å². The van der Waals surface area contributed by atoms with Gasteiger partial charge in [-0.05, 0) is 203 Å². The number of aromatic amines is 1. The van der Waals surface area contributed by atoms with E-state index in [0.29, 0.717) is 46.2 Å². The van der Waals surface area contributed by atoms with Crippen molar-refractivity contribution in [2.24, 2.45) is 0 Å². The number of amides is 1. The summed E-state index contributed by atoms with van der Waals surface area (Å²) >= 11 is 0. The van der Waals surface area contributed by atoms with Gasteiger partial charge >= 0.3 is 23.7 Å². The maximum Gasteiger partial charge on any atom is 0.423 e. The molecule has 2 fully saturated rings. The van der Waals surface area contributed by atoms with Crippen molar-refractivity contribution in [1.29, 1.82) is 0 Å². The van der Waals surface area contributed by atoms with Gasteiger partial charge in [0.05, 0.1) is 79.1 Å². The minimum Gasteiger partial charge on any atom is -0.508 e. The van der Waals surface area contributed by atoms with Crippen molar-refractivity contribution in [3.63, 3.8) is 0 Å². The third kappa shape index (κ3) is 32.3. The number of halogens is 6. The highest BCUT2D eigenvalue weighted by molar-refractivity contribution is 5.96. The second-order valence-corrected chi connectivity index (χ2v) is 31.5. The number of carbonyl (C=O) groups is 2. The molecule has 0 bridgehead atoms. The van der Waals surface area contributed by atoms with E-state index in [2.05, 4.69) is 17.2 Å². The fourth-order valence-electron chi connectivity index (χ4n) is 13.1. The molecular formula is C95H113F6N5O22. The molecule has 33 heteroatoms. The molecule has 3 unspecified atom stereocenters. The number of rotatable bonds is 27. The highest BCUT2D eigenvalue weighted by Gasteiger charge is 2.46. The molecule has 12 rings (SSSR count). The van der Waals surface area contributed by atoms with Gasteiger partial charge < -0.3 is 98.7 Å². The van der Waals surface area contributed by atoms with Crippen molar-refractivity contribution in [2.75, 3.05) is 26.8 Å². The van der Waals surface area contributed by atoms with Crippen LogP contribution in [-0.2, 0) is 39.4 Å². The van der Waals surface area contributed by atoms with Crippen LogP contribution in [0.5, 0.6) is 51.7 Å². The summed E-state index contributed by atoms with van der Waals surface area (Å²) in [5.74, 6) is 0.547. The summed E-state index contributed by atoms with van der Waals surface area (Å²) in [5.41, 5.74) is 0.372. The molecule has 0 spiro atoms. The Kier molecular flexibility index (Phi) is 38.7. The predicted octanol–water partition coefficient (Wildman–Crippen LogP) is 16.5. The zero-order valence-electron chi connectivity index (χ0n) is 73.5. The van der Waals surface area contributed by atoms with Crippen molar-refractivity contribution in [3.05, 3.63) is 264 Å². The number of aromatic nitrogens is 2. The van der Waals surface area contributed by atoms with E-state index in [9.17, 15) is 91.2 Å². The Bertz CT molecular complexity index is 5360. The van der Waals surface area contributed by atoms with Gasteiger partial charge in [0.1, 0.15) is 93.2 Å². The number of phenols is 6. The molecule has 3 aliphatic heterocycles. The van der Waals surface area contributed by atoms with Gasteiger partial charge in [0, 0.05) is 56.3 Å². The number of alkyl halides is 6. The maximum atomic E-state index is 12.9. The Morgan fingerprint density at radius 2 is 1.16 bits per heavy atom. The van der Waals surface area contributed by atoms with Gasteiger partial charge in [-0.2, -0.15) is 26.3 Å². The molecule has 0 saturated carbocycles. The van der Waals surface area contributed by atoms with Crippen LogP contribution >= 0.6 is 0 Å². The van der Waals surface area contributed by atoms with Crippen molar-refractivity contribution in [3.8, 4) is 51.7 Å². The summed E-state index contributed by atoms with van der Waals surface area (Å²) in [4.78, 5) is 62.0. The number of Topliss-reactive ketones (excluding diaryl/α,β-unsaturated/α-hetero) is 1. The number of fused-ring (bicyclic) bond motifs is 1. The number of likely N-dealkylation sites (N-methyl/N-ethyl adjacent to an activating group) is 1. The lowest BCUT2D eigenvalue weighted by Crippen LogP contribution is -2.45. The fourth-order valence-corrected chi connectivity index (χ4v) is 13.1. The van der Waals surface area contributed by atoms with E-state index < -0.39 is 95.7 Å². The number of nitrogens with one attached hydrogen (secondary N) is 3. The van der Waals surface area contributed by atoms with Crippen molar-refractivity contribution in [1.82, 2.24) is 25.1 Å². The first-order valence-corrected chi connectivity index (χ1v) is 41.2. The predicted molar refractivity (Wildman–Crippen MR) is 472 cm³/mol. The van der Waals surface area contributed by atoms with Crippen molar-refractivity contribution < 1.29 is 119 Å². The summed E-state index contributed by atoms with van der Waals surface area (Å²) in [5, 5.41) is 81.5. The monoisotopic (exact) mass is 1790 g/mol. The summed E-state index contributed by atoms with van der Waals surface area (Å²) in [6, 6.07) is 45.9. The van der Waals surface area contributed by atoms with Gasteiger partial charge in [-0.1, -0.05) is 104 Å². The van der Waals surface area contributed by atoms with Crippen LogP contribution in [0.3, 0.4) is 0 Å². The number of aromatic hydroxyl groups is 6. The third-order valence-corrected chi connectivity index (χ3v) is 18.6. The Morgan fingerprint density at radius 1 is 0.594 bits per heavy atom. The average Bonchev–Trinajstić information content (AvgIpc) is 0.875. The van der Waals surface area contributed by atoms with Crippen LogP contribution in [0.25, 0.3) is 35.3 Å². The second kappa shape index (κ2) is 48.1. The molecule has 3 aliphatic rings. The zero-order valence-corrected chi connectivity index (χ0v) is 73.5. The number of hydrogen-bond donors (Lipinski definition) is 11. The smallest absolute Gasteiger partial charge is 0.423 e. The molecule has 1 amide bonds. The van der Waals surface area contributed by atoms with E-state index in [1.165, 1.54) is 25.1 Å².